The van der Waals surface area contributed by atoms with Crippen LogP contribution in [0.1, 0.15) is 10.5 Å². The number of nitrogen functional groups attached to an aromatic ring is 1. The van der Waals surface area contributed by atoms with E-state index in [1.54, 1.807) is 4.57 Å². The highest BCUT2D eigenvalue weighted by molar-refractivity contribution is 14.1. The van der Waals surface area contributed by atoms with E-state index < -0.39 is 5.97 Å². The normalized spacial score (nSPS) is 10.2. The number of nitrogens with two attached hydrogens (primary N) is 1. The lowest BCUT2D eigenvalue weighted by molar-refractivity contribution is 0.0596. The van der Waals surface area contributed by atoms with E-state index >= 15 is 0 Å². The number of hydrogen-bond acceptors (Lipinski definition) is 4. The summed E-state index contributed by atoms with van der Waals surface area (Å²) in [4.78, 5) is 15.3. The van der Waals surface area contributed by atoms with Crippen LogP contribution in [0.3, 0.4) is 0 Å². The molecule has 1 heterocycles. The van der Waals surface area contributed by atoms with Crippen LogP contribution in [0.5, 0.6) is 0 Å². The van der Waals surface area contributed by atoms with Crippen molar-refractivity contribution in [1.29, 1.82) is 0 Å². The van der Waals surface area contributed by atoms with Gasteiger partial charge in [0.05, 0.1) is 7.11 Å². The number of methoxy groups -OCH3 is 1. The molecule has 0 aliphatic rings. The zero-order valence-electron chi connectivity index (χ0n) is 9.05. The van der Waals surface area contributed by atoms with Gasteiger partial charge >= 0.3 is 5.97 Å². The molecule has 0 bridgehead atoms. The second-order valence-electron chi connectivity index (χ2n) is 3.32. The molecule has 0 radical (unpaired) electrons. The zero-order valence-corrected chi connectivity index (χ0v) is 11.2. The zero-order chi connectivity index (χ0) is 12.4. The van der Waals surface area contributed by atoms with Gasteiger partial charge in [0.15, 0.2) is 5.69 Å². The molecule has 0 aliphatic carbocycles. The number of anilines is 1. The van der Waals surface area contributed by atoms with Gasteiger partial charge in [-0.25, -0.2) is 9.78 Å². The van der Waals surface area contributed by atoms with Crippen molar-refractivity contribution in [3.63, 3.8) is 0 Å². The molecule has 88 valence electrons. The van der Waals surface area contributed by atoms with Crippen molar-refractivity contribution in [3.05, 3.63) is 39.9 Å². The lowest BCUT2D eigenvalue weighted by Gasteiger charge is -2.05. The molecule has 0 saturated heterocycles. The highest BCUT2D eigenvalue weighted by Gasteiger charge is 2.16. The highest BCUT2D eigenvalue weighted by Crippen LogP contribution is 2.19. The van der Waals surface area contributed by atoms with Crippen molar-refractivity contribution in [2.24, 2.45) is 0 Å². The van der Waals surface area contributed by atoms with E-state index in [-0.39, 0.29) is 11.5 Å². The summed E-state index contributed by atoms with van der Waals surface area (Å²) in [7, 11) is 1.30. The molecule has 5 nitrogen and oxygen atoms in total. The van der Waals surface area contributed by atoms with E-state index in [0.717, 1.165) is 9.26 Å². The molecule has 0 unspecified atom stereocenters. The minimum atomic E-state index is -0.535. The molecule has 2 N–H and O–H groups in total. The van der Waals surface area contributed by atoms with Gasteiger partial charge in [0.25, 0.3) is 0 Å². The minimum Gasteiger partial charge on any atom is -0.464 e. The van der Waals surface area contributed by atoms with E-state index in [1.165, 1.54) is 13.4 Å². The van der Waals surface area contributed by atoms with E-state index in [1.807, 2.05) is 24.3 Å². The van der Waals surface area contributed by atoms with Crippen molar-refractivity contribution < 1.29 is 9.53 Å². The molecule has 0 fully saturated rings. The van der Waals surface area contributed by atoms with Gasteiger partial charge in [-0.05, 0) is 40.8 Å². The minimum absolute atomic E-state index is 0.131. The molecule has 0 saturated carbocycles. The van der Waals surface area contributed by atoms with Gasteiger partial charge in [0, 0.05) is 9.26 Å². The number of aromatic nitrogens is 2. The SMILES string of the molecule is COC(=O)c1ncn(-c2cccc(I)c2)c1N. The summed E-state index contributed by atoms with van der Waals surface area (Å²) in [6.07, 6.45) is 1.51. The van der Waals surface area contributed by atoms with Gasteiger partial charge in [-0.1, -0.05) is 6.07 Å². The van der Waals surface area contributed by atoms with Crippen LogP contribution in [-0.2, 0) is 4.74 Å². The second kappa shape index (κ2) is 4.74. The molecular weight excluding hydrogens is 333 g/mol. The summed E-state index contributed by atoms with van der Waals surface area (Å²) in [5.74, 6) is -0.259. The van der Waals surface area contributed by atoms with Crippen LogP contribution in [0.15, 0.2) is 30.6 Å². The van der Waals surface area contributed by atoms with E-state index in [0.29, 0.717) is 0 Å². The summed E-state index contributed by atoms with van der Waals surface area (Å²) in [5.41, 5.74) is 6.85. The summed E-state index contributed by atoms with van der Waals surface area (Å²) >= 11 is 2.21. The molecule has 0 spiro atoms. The van der Waals surface area contributed by atoms with Crippen molar-refractivity contribution >= 4 is 34.4 Å². The highest BCUT2D eigenvalue weighted by atomic mass is 127. The average Bonchev–Trinajstić information content (AvgIpc) is 2.70. The van der Waals surface area contributed by atoms with Crippen LogP contribution in [0.2, 0.25) is 0 Å². The Bertz CT molecular complexity index is 566. The van der Waals surface area contributed by atoms with Gasteiger partial charge in [-0.3, -0.25) is 4.57 Å². The maximum Gasteiger partial charge on any atom is 0.360 e. The standard InChI is InChI=1S/C11H10IN3O2/c1-17-11(16)9-10(13)15(6-14-9)8-4-2-3-7(12)5-8/h2-6H,13H2,1H3. The van der Waals surface area contributed by atoms with Crippen molar-refractivity contribution in [3.8, 4) is 5.69 Å². The maximum atomic E-state index is 11.4. The molecule has 0 aliphatic heterocycles. The van der Waals surface area contributed by atoms with E-state index in [9.17, 15) is 4.79 Å². The fourth-order valence-electron chi connectivity index (χ4n) is 1.44. The Labute approximate surface area is 112 Å². The number of halogens is 1. The number of esters is 1. The third kappa shape index (κ3) is 2.26. The van der Waals surface area contributed by atoms with Crippen molar-refractivity contribution in [2.45, 2.75) is 0 Å². The molecule has 1 aromatic heterocycles. The van der Waals surface area contributed by atoms with Crippen LogP contribution in [0.25, 0.3) is 5.69 Å². The number of benzene rings is 1. The van der Waals surface area contributed by atoms with Crippen LogP contribution in [0, 0.1) is 3.57 Å². The number of nitrogens with zero attached hydrogens (tertiary/aromatic N) is 2. The largest absolute Gasteiger partial charge is 0.464 e. The van der Waals surface area contributed by atoms with Crippen LogP contribution in [0.4, 0.5) is 5.82 Å². The lowest BCUT2D eigenvalue weighted by Crippen LogP contribution is -2.07. The molecule has 0 atom stereocenters. The maximum absolute atomic E-state index is 11.4. The van der Waals surface area contributed by atoms with Gasteiger partial charge in [-0.2, -0.15) is 0 Å². The summed E-state index contributed by atoms with van der Waals surface area (Å²) < 4.78 is 7.32. The number of rotatable bonds is 2. The lowest BCUT2D eigenvalue weighted by atomic mass is 10.3. The first-order chi connectivity index (χ1) is 8.13. The third-order valence-electron chi connectivity index (χ3n) is 2.27. The fraction of sp³-hybridized carbons (Fsp3) is 0.0909. The molecule has 0 amide bonds. The predicted octanol–water partition coefficient (Wildman–Crippen LogP) is 1.85. The van der Waals surface area contributed by atoms with Gasteiger partial charge in [0.1, 0.15) is 12.1 Å². The summed E-state index contributed by atoms with van der Waals surface area (Å²) in [5, 5.41) is 0. The van der Waals surface area contributed by atoms with Gasteiger partial charge < -0.3 is 10.5 Å². The molecule has 17 heavy (non-hydrogen) atoms. The smallest absolute Gasteiger partial charge is 0.360 e. The Morgan fingerprint density at radius 1 is 1.53 bits per heavy atom. The Hall–Kier alpha value is -1.57. The molecule has 1 aromatic carbocycles. The topological polar surface area (TPSA) is 70.1 Å². The Balaban J connectivity index is 2.48. The van der Waals surface area contributed by atoms with E-state index in [4.69, 9.17) is 5.73 Å². The Kier molecular flexibility index (Phi) is 3.32. The van der Waals surface area contributed by atoms with Crippen molar-refractivity contribution in [2.75, 3.05) is 12.8 Å². The number of carbonyl (C=O) groups is 1. The van der Waals surface area contributed by atoms with Gasteiger partial charge in [-0.15, -0.1) is 0 Å². The number of ether oxygens (including phenoxy) is 1. The van der Waals surface area contributed by atoms with Crippen LogP contribution < -0.4 is 5.73 Å². The first-order valence-electron chi connectivity index (χ1n) is 4.80. The Morgan fingerprint density at radius 3 is 2.94 bits per heavy atom. The predicted molar refractivity (Wildman–Crippen MR) is 72.0 cm³/mol. The fourth-order valence-corrected chi connectivity index (χ4v) is 1.97. The van der Waals surface area contributed by atoms with Crippen LogP contribution in [-0.4, -0.2) is 22.6 Å². The molecule has 2 aromatic rings. The van der Waals surface area contributed by atoms with E-state index in [2.05, 4.69) is 32.3 Å². The number of hydrogen-bond donors (Lipinski definition) is 1. The first-order valence-corrected chi connectivity index (χ1v) is 5.88. The van der Waals surface area contributed by atoms with Crippen molar-refractivity contribution in [1.82, 2.24) is 9.55 Å². The second-order valence-corrected chi connectivity index (χ2v) is 4.57. The van der Waals surface area contributed by atoms with Crippen LogP contribution >= 0.6 is 22.6 Å². The first kappa shape index (κ1) is 11.9. The molecular formula is C11H10IN3O2. The number of carbonyl (C=O) groups excluding carboxylic acids is 1. The summed E-state index contributed by atoms with van der Waals surface area (Å²) in [6.45, 7) is 0. The Morgan fingerprint density at radius 2 is 2.29 bits per heavy atom. The average molecular weight is 343 g/mol. The molecule has 6 heteroatoms. The quantitative estimate of drug-likeness (QED) is 0.667. The monoisotopic (exact) mass is 343 g/mol. The third-order valence-corrected chi connectivity index (χ3v) is 2.94. The number of imidazole rings is 1. The molecule has 2 rings (SSSR count). The summed E-state index contributed by atoms with van der Waals surface area (Å²) in [6, 6.07) is 7.72. The van der Waals surface area contributed by atoms with Gasteiger partial charge in [0.2, 0.25) is 0 Å².